The number of rotatable bonds is 15. The zero-order chi connectivity index (χ0) is 29.7. The quantitative estimate of drug-likeness (QED) is 0.222. The molecule has 0 radical (unpaired) electrons. The first-order valence-electron chi connectivity index (χ1n) is 9.15. The molecule has 0 bridgehead atoms. The van der Waals surface area contributed by atoms with E-state index < -0.39 is 94.8 Å². The van der Waals surface area contributed by atoms with Crippen molar-refractivity contribution in [2.24, 2.45) is 0 Å². The lowest BCUT2D eigenvalue weighted by Gasteiger charge is -2.28. The molecule has 0 aliphatic heterocycles. The van der Waals surface area contributed by atoms with E-state index in [-0.39, 0.29) is 4.90 Å². The molecule has 0 aromatic carbocycles. The Bertz CT molecular complexity index is 588. The van der Waals surface area contributed by atoms with Gasteiger partial charge in [0.2, 0.25) is 0 Å². The summed E-state index contributed by atoms with van der Waals surface area (Å²) in [7, 11) is 0. The van der Waals surface area contributed by atoms with Gasteiger partial charge < -0.3 is 14.2 Å². The van der Waals surface area contributed by atoms with Crippen LogP contribution in [0, 0.1) is 0 Å². The van der Waals surface area contributed by atoms with Crippen molar-refractivity contribution in [3.63, 3.8) is 0 Å². The lowest BCUT2D eigenvalue weighted by Crippen LogP contribution is -2.47. The van der Waals surface area contributed by atoms with Crippen LogP contribution in [0.1, 0.15) is 0 Å². The Labute approximate surface area is 194 Å². The van der Waals surface area contributed by atoms with Gasteiger partial charge in [0.05, 0.1) is 19.8 Å². The molecule has 224 valence electrons. The summed E-state index contributed by atoms with van der Waals surface area (Å²) in [6, 6.07) is 0. The highest BCUT2D eigenvalue weighted by Gasteiger charge is 2.60. The third-order valence-electron chi connectivity index (χ3n) is 3.85. The van der Waals surface area contributed by atoms with Crippen molar-refractivity contribution < 1.29 is 93.2 Å². The van der Waals surface area contributed by atoms with Crippen LogP contribution in [0.25, 0.3) is 0 Å². The predicted molar refractivity (Wildman–Crippen MR) is 82.0 cm³/mol. The first-order valence-corrected chi connectivity index (χ1v) is 9.15. The van der Waals surface area contributed by atoms with E-state index in [9.17, 15) is 79.0 Å². The summed E-state index contributed by atoms with van der Waals surface area (Å²) in [5.74, 6) is 0. The van der Waals surface area contributed by atoms with Gasteiger partial charge in [0, 0.05) is 19.6 Å². The van der Waals surface area contributed by atoms with Gasteiger partial charge in [0.25, 0.3) is 18.5 Å². The van der Waals surface area contributed by atoms with Gasteiger partial charge in [-0.2, -0.15) is 65.9 Å². The highest BCUT2D eigenvalue weighted by molar-refractivity contribution is 4.78. The maximum absolute atomic E-state index is 13.1. The molecule has 0 saturated heterocycles. The van der Waals surface area contributed by atoms with Gasteiger partial charge in [-0.15, -0.1) is 0 Å². The number of hydrogen-bond donors (Lipinski definition) is 0. The van der Waals surface area contributed by atoms with Crippen molar-refractivity contribution in [2.45, 2.75) is 55.4 Å². The fourth-order valence-corrected chi connectivity index (χ4v) is 2.06. The molecule has 4 nitrogen and oxygen atoms in total. The molecule has 0 spiro atoms. The number of halogens is 18. The van der Waals surface area contributed by atoms with Gasteiger partial charge in [0.15, 0.2) is 0 Å². The molecule has 3 unspecified atom stereocenters. The summed E-state index contributed by atoms with van der Waals surface area (Å²) in [5, 5.41) is 0. The Balaban J connectivity index is 5.24. The number of alkyl halides is 18. The van der Waals surface area contributed by atoms with E-state index in [0.717, 1.165) is 0 Å². The molecule has 0 rings (SSSR count). The number of ether oxygens (including phenoxy) is 3. The Morgan fingerprint density at radius 3 is 0.757 bits per heavy atom. The highest BCUT2D eigenvalue weighted by atomic mass is 19.4. The van der Waals surface area contributed by atoms with Crippen LogP contribution in [0.3, 0.4) is 0 Å². The largest absolute Gasteiger partial charge is 0.428 e. The third kappa shape index (κ3) is 11.9. The van der Waals surface area contributed by atoms with Gasteiger partial charge in [-0.1, -0.05) is 0 Å². The monoisotopic (exact) mass is 599 g/mol. The fourth-order valence-electron chi connectivity index (χ4n) is 2.06. The van der Waals surface area contributed by atoms with Crippen LogP contribution in [-0.2, 0) is 14.2 Å². The van der Waals surface area contributed by atoms with Gasteiger partial charge >= 0.3 is 36.9 Å². The maximum Gasteiger partial charge on any atom is 0.428 e. The molecule has 0 aliphatic rings. The van der Waals surface area contributed by atoms with E-state index in [2.05, 4.69) is 14.2 Å². The topological polar surface area (TPSA) is 30.9 Å². The summed E-state index contributed by atoms with van der Waals surface area (Å²) >= 11 is 0. The third-order valence-corrected chi connectivity index (χ3v) is 3.85. The van der Waals surface area contributed by atoms with E-state index in [1.807, 2.05) is 0 Å². The molecule has 0 aromatic rings. The van der Waals surface area contributed by atoms with Crippen LogP contribution >= 0.6 is 0 Å². The van der Waals surface area contributed by atoms with Gasteiger partial charge in [-0.05, 0) is 0 Å². The van der Waals surface area contributed by atoms with Crippen molar-refractivity contribution in [3.8, 4) is 0 Å². The molecule has 37 heavy (non-hydrogen) atoms. The van der Waals surface area contributed by atoms with E-state index in [0.29, 0.717) is 0 Å². The SMILES string of the molecule is FC(C(F)(F)F)C(F)(F)OCCN(CCOC(F)(F)C(F)C(F)(F)F)CCOC(F)(F)C(F)C(F)(F)F. The second-order valence-electron chi connectivity index (χ2n) is 6.78. The number of hydrogen-bond acceptors (Lipinski definition) is 4. The van der Waals surface area contributed by atoms with Gasteiger partial charge in [-0.25, -0.2) is 13.2 Å². The molecule has 0 fully saturated rings. The van der Waals surface area contributed by atoms with Crippen molar-refractivity contribution in [1.29, 1.82) is 0 Å². The Morgan fingerprint density at radius 1 is 0.405 bits per heavy atom. The van der Waals surface area contributed by atoms with E-state index in [4.69, 9.17) is 0 Å². The van der Waals surface area contributed by atoms with Crippen LogP contribution in [0.2, 0.25) is 0 Å². The smallest absolute Gasteiger partial charge is 0.317 e. The van der Waals surface area contributed by atoms with Crippen molar-refractivity contribution in [1.82, 2.24) is 4.90 Å². The van der Waals surface area contributed by atoms with Crippen LogP contribution in [0.15, 0.2) is 0 Å². The van der Waals surface area contributed by atoms with E-state index >= 15 is 0 Å². The Hall–Kier alpha value is -1.42. The Kier molecular flexibility index (Phi) is 12.1. The lowest BCUT2D eigenvalue weighted by molar-refractivity contribution is -0.338. The summed E-state index contributed by atoms with van der Waals surface area (Å²) in [6.45, 7) is -8.79. The maximum atomic E-state index is 13.1. The summed E-state index contributed by atoms with van der Waals surface area (Å²) < 4.78 is 235. The lowest BCUT2D eigenvalue weighted by atomic mass is 10.3. The van der Waals surface area contributed by atoms with Crippen molar-refractivity contribution in [2.75, 3.05) is 39.5 Å². The summed E-state index contributed by atoms with van der Waals surface area (Å²) in [5.41, 5.74) is 0. The van der Waals surface area contributed by atoms with Crippen LogP contribution in [0.5, 0.6) is 0 Å². The molecule has 0 amide bonds. The second kappa shape index (κ2) is 12.6. The minimum atomic E-state index is -6.13. The van der Waals surface area contributed by atoms with Crippen LogP contribution in [0.4, 0.5) is 79.0 Å². The second-order valence-corrected chi connectivity index (χ2v) is 6.78. The standard InChI is InChI=1S/C15H15F18NO3/c16-7(10(19,20)21)13(28,29)35-4-1-34(2-5-36-14(30,31)8(17)11(22,23)24)3-6-37-15(32,33)9(18)12(25,26)27/h7-9H,1-6H2. The van der Waals surface area contributed by atoms with E-state index in [1.165, 1.54) is 0 Å². The van der Waals surface area contributed by atoms with Gasteiger partial charge in [0.1, 0.15) is 0 Å². The fraction of sp³-hybridized carbons (Fsp3) is 1.00. The molecule has 3 atom stereocenters. The Morgan fingerprint density at radius 2 is 0.595 bits per heavy atom. The van der Waals surface area contributed by atoms with Crippen molar-refractivity contribution >= 4 is 0 Å². The predicted octanol–water partition coefficient (Wildman–Crippen LogP) is 5.82. The molecule has 22 heteroatoms. The molecule has 0 aromatic heterocycles. The average molecular weight is 599 g/mol. The van der Waals surface area contributed by atoms with Crippen LogP contribution in [-0.4, -0.2) is 99.7 Å². The zero-order valence-electron chi connectivity index (χ0n) is 17.5. The first kappa shape index (κ1) is 35.6. The number of nitrogens with zero attached hydrogens (tertiary/aromatic N) is 1. The normalized spacial score (nSPS) is 17.3. The molecule has 0 heterocycles. The van der Waals surface area contributed by atoms with Gasteiger partial charge in [-0.3, -0.25) is 4.90 Å². The summed E-state index contributed by atoms with van der Waals surface area (Å²) in [6.07, 6.45) is -49.7. The van der Waals surface area contributed by atoms with E-state index in [1.54, 1.807) is 0 Å². The minimum Gasteiger partial charge on any atom is -0.317 e. The first-order chi connectivity index (χ1) is 16.2. The highest BCUT2D eigenvalue weighted by Crippen LogP contribution is 2.37. The minimum absolute atomic E-state index is 0.241. The molecule has 0 N–H and O–H groups in total. The molecule has 0 aliphatic carbocycles. The summed E-state index contributed by atoms with van der Waals surface area (Å²) in [4.78, 5) is 0.241. The van der Waals surface area contributed by atoms with Crippen molar-refractivity contribution in [3.05, 3.63) is 0 Å². The zero-order valence-corrected chi connectivity index (χ0v) is 17.5. The average Bonchev–Trinajstić information content (AvgIpc) is 2.69. The molecular weight excluding hydrogens is 584 g/mol. The van der Waals surface area contributed by atoms with Crippen LogP contribution < -0.4 is 0 Å². The molecule has 0 saturated carbocycles. The molecular formula is C15H15F18NO3.